The predicted octanol–water partition coefficient (Wildman–Crippen LogP) is 14.9. The number of nitrogens with zero attached hydrogens (tertiary/aromatic N) is 1. The van der Waals surface area contributed by atoms with Gasteiger partial charge in [-0.3, -0.25) is 0 Å². The Kier molecular flexibility index (Phi) is 6.01. The molecule has 0 radical (unpaired) electrons. The van der Waals surface area contributed by atoms with Gasteiger partial charge in [0.25, 0.3) is 0 Å². The van der Waals surface area contributed by atoms with Gasteiger partial charge in [0.2, 0.25) is 0 Å². The van der Waals surface area contributed by atoms with E-state index in [9.17, 15) is 11.0 Å². The summed E-state index contributed by atoms with van der Waals surface area (Å²) in [6.45, 7) is 0. The van der Waals surface area contributed by atoms with Crippen LogP contribution in [0.5, 0.6) is 0 Å². The highest BCUT2D eigenvalue weighted by Crippen LogP contribution is 2.46. The molecule has 2 nitrogen and oxygen atoms in total. The molecule has 0 amide bonds. The first-order valence-electron chi connectivity index (χ1n) is 21.8. The number of fused-ring (bicyclic) bond motifs is 5. The molecule has 0 aliphatic carbocycles. The summed E-state index contributed by atoms with van der Waals surface area (Å²) in [5.74, 6) is 0. The first kappa shape index (κ1) is 24.2. The maximum Gasteiger partial charge on any atom is 0.143 e. The van der Waals surface area contributed by atoms with Gasteiger partial charge in [-0.15, -0.1) is 0 Å². The lowest BCUT2D eigenvalue weighted by Crippen LogP contribution is -2.11. The SMILES string of the molecule is [2H]c1c([2H])c(N(c2ccccc2-c2cccc3oc4c5ccccc5ccc4c23)c2c([2H])c([2H])c(-c3cccc(-c4ccccc4)c3)c([2H])c2[2H])c([2H])c([2H])c1-c1ccccc1. The highest BCUT2D eigenvalue weighted by molar-refractivity contribution is 6.19. The lowest BCUT2D eigenvalue weighted by molar-refractivity contribution is 0.673. The van der Waals surface area contributed by atoms with Gasteiger partial charge in [0.15, 0.2) is 0 Å². The molecule has 10 aromatic rings. The fourth-order valence-electron chi connectivity index (χ4n) is 7.24. The Balaban J connectivity index is 1.27. The monoisotopic (exact) mass is 697 g/mol. The van der Waals surface area contributed by atoms with E-state index in [0.717, 1.165) is 38.2 Å². The highest BCUT2D eigenvalue weighted by atomic mass is 16.3. The molecule has 0 saturated carbocycles. The minimum atomic E-state index is -0.414. The molecule has 0 aliphatic heterocycles. The summed E-state index contributed by atoms with van der Waals surface area (Å²) in [5.41, 5.74) is 5.47. The average molecular weight is 698 g/mol. The average Bonchev–Trinajstić information content (AvgIpc) is 3.71. The Morgan fingerprint density at radius 2 is 0.926 bits per heavy atom. The third-order valence-corrected chi connectivity index (χ3v) is 9.81. The number of hydrogen-bond donors (Lipinski definition) is 0. The molecule has 1 aromatic heterocycles. The van der Waals surface area contributed by atoms with E-state index >= 15 is 0 Å². The number of para-hydroxylation sites is 1. The van der Waals surface area contributed by atoms with Crippen molar-refractivity contribution in [1.29, 1.82) is 0 Å². The molecule has 0 N–H and O–H groups in total. The number of anilines is 3. The van der Waals surface area contributed by atoms with E-state index in [1.807, 2.05) is 121 Å². The summed E-state index contributed by atoms with van der Waals surface area (Å²) in [5, 5.41) is 3.63. The molecule has 10 rings (SSSR count). The van der Waals surface area contributed by atoms with Crippen molar-refractivity contribution >= 4 is 49.8 Å². The maximum atomic E-state index is 9.70. The zero-order chi connectivity index (χ0) is 42.8. The molecule has 54 heavy (non-hydrogen) atoms. The fraction of sp³-hybridized carbons (Fsp3) is 0. The quantitative estimate of drug-likeness (QED) is 0.165. The normalized spacial score (nSPS) is 13.4. The van der Waals surface area contributed by atoms with Crippen LogP contribution in [0.4, 0.5) is 17.1 Å². The smallest absolute Gasteiger partial charge is 0.143 e. The highest BCUT2D eigenvalue weighted by Gasteiger charge is 2.21. The van der Waals surface area contributed by atoms with Crippen molar-refractivity contribution in [2.24, 2.45) is 0 Å². The molecule has 254 valence electrons. The van der Waals surface area contributed by atoms with Crippen molar-refractivity contribution in [2.75, 3.05) is 4.90 Å². The second-order valence-electron chi connectivity index (χ2n) is 13.1. The van der Waals surface area contributed by atoms with E-state index in [-0.39, 0.29) is 46.7 Å². The molecule has 9 aromatic carbocycles. The van der Waals surface area contributed by atoms with Gasteiger partial charge in [-0.1, -0.05) is 164 Å². The van der Waals surface area contributed by atoms with E-state index in [1.54, 1.807) is 42.5 Å². The first-order chi connectivity index (χ1) is 30.1. The fourth-order valence-corrected chi connectivity index (χ4v) is 7.24. The molecular weight excluding hydrogens is 655 g/mol. The second-order valence-corrected chi connectivity index (χ2v) is 13.1. The zero-order valence-electron chi connectivity index (χ0n) is 36.9. The third-order valence-electron chi connectivity index (χ3n) is 9.81. The topological polar surface area (TPSA) is 16.4 Å². The van der Waals surface area contributed by atoms with Gasteiger partial charge < -0.3 is 9.32 Å². The summed E-state index contributed by atoms with van der Waals surface area (Å²) >= 11 is 0. The Bertz CT molecular complexity index is 3340. The predicted molar refractivity (Wildman–Crippen MR) is 228 cm³/mol. The Morgan fingerprint density at radius 1 is 0.389 bits per heavy atom. The van der Waals surface area contributed by atoms with E-state index in [1.165, 1.54) is 4.90 Å². The van der Waals surface area contributed by atoms with Crippen LogP contribution in [0.15, 0.2) is 217 Å². The molecule has 0 unspecified atom stereocenters. The van der Waals surface area contributed by atoms with Crippen LogP contribution in [0.3, 0.4) is 0 Å². The van der Waals surface area contributed by atoms with E-state index in [4.69, 9.17) is 4.42 Å². The zero-order valence-corrected chi connectivity index (χ0v) is 28.9. The van der Waals surface area contributed by atoms with E-state index in [2.05, 4.69) is 0 Å². The van der Waals surface area contributed by atoms with Gasteiger partial charge >= 0.3 is 0 Å². The third kappa shape index (κ3) is 5.62. The number of furan rings is 1. The van der Waals surface area contributed by atoms with Gasteiger partial charge in [-0.2, -0.15) is 0 Å². The van der Waals surface area contributed by atoms with E-state index < -0.39 is 24.2 Å². The van der Waals surface area contributed by atoms with Crippen molar-refractivity contribution in [3.8, 4) is 44.5 Å². The number of hydrogen-bond acceptors (Lipinski definition) is 2. The van der Waals surface area contributed by atoms with Crippen molar-refractivity contribution in [3.05, 3.63) is 212 Å². The molecule has 0 saturated heterocycles. The van der Waals surface area contributed by atoms with Gasteiger partial charge in [0.05, 0.1) is 16.7 Å². The van der Waals surface area contributed by atoms with E-state index in [0.29, 0.717) is 33.5 Å². The number of benzene rings is 9. The van der Waals surface area contributed by atoms with Gasteiger partial charge in [0.1, 0.15) is 11.2 Å². The molecule has 0 aliphatic rings. The largest absolute Gasteiger partial charge is 0.455 e. The summed E-state index contributed by atoms with van der Waals surface area (Å²) < 4.78 is 82.8. The molecule has 0 fully saturated rings. The van der Waals surface area contributed by atoms with Gasteiger partial charge in [-0.25, -0.2) is 0 Å². The van der Waals surface area contributed by atoms with Crippen LogP contribution >= 0.6 is 0 Å². The van der Waals surface area contributed by atoms with Crippen LogP contribution in [0.1, 0.15) is 11.0 Å². The van der Waals surface area contributed by atoms with Crippen molar-refractivity contribution in [1.82, 2.24) is 0 Å². The van der Waals surface area contributed by atoms with Crippen LogP contribution < -0.4 is 4.90 Å². The van der Waals surface area contributed by atoms with Crippen molar-refractivity contribution < 1.29 is 15.4 Å². The van der Waals surface area contributed by atoms with Gasteiger partial charge in [-0.05, 0) is 92.8 Å². The van der Waals surface area contributed by atoms with Crippen molar-refractivity contribution in [3.63, 3.8) is 0 Å². The van der Waals surface area contributed by atoms with Crippen LogP contribution in [0.25, 0.3) is 77.2 Å². The van der Waals surface area contributed by atoms with Crippen LogP contribution in [-0.2, 0) is 0 Å². The Morgan fingerprint density at radius 3 is 1.65 bits per heavy atom. The molecular formula is C52H35NO. The summed E-state index contributed by atoms with van der Waals surface area (Å²) in [6.07, 6.45) is 0. The lowest BCUT2D eigenvalue weighted by atomic mass is 9.95. The van der Waals surface area contributed by atoms with Crippen LogP contribution in [-0.4, -0.2) is 0 Å². The maximum absolute atomic E-state index is 9.70. The molecule has 0 atom stereocenters. The minimum Gasteiger partial charge on any atom is -0.455 e. The standard InChI is InChI=1S/C52H35NO/c1-3-13-36(14-4-1)38-25-30-43(31-26-38)53(44-32-27-39(28-33-44)42-19-11-18-41(35-42)37-15-5-2-6-16-37)49-23-10-9-21-46(49)47-22-12-24-50-51(47)48-34-29-40-17-7-8-20-45(40)52(48)54-50/h1-35H/i25D,26D,27D,28D,30D,31D,32D,33D. The minimum absolute atomic E-state index is 0.0932. The molecule has 1 heterocycles. The summed E-state index contributed by atoms with van der Waals surface area (Å²) in [7, 11) is 0. The summed E-state index contributed by atoms with van der Waals surface area (Å²) in [4.78, 5) is 1.38. The lowest BCUT2D eigenvalue weighted by Gasteiger charge is -2.28. The van der Waals surface area contributed by atoms with Crippen LogP contribution in [0, 0.1) is 0 Å². The van der Waals surface area contributed by atoms with Crippen molar-refractivity contribution in [2.45, 2.75) is 0 Å². The summed E-state index contributed by atoms with van der Waals surface area (Å²) in [6, 6.07) is 47.9. The van der Waals surface area contributed by atoms with Gasteiger partial charge in [0, 0.05) is 33.1 Å². The Hall–Kier alpha value is -7.16. The molecule has 0 bridgehead atoms. The molecule has 2 heteroatoms. The molecule has 0 spiro atoms. The Labute approximate surface area is 326 Å². The number of rotatable bonds is 7. The second kappa shape index (κ2) is 13.4. The first-order valence-corrected chi connectivity index (χ1v) is 17.8. The van der Waals surface area contributed by atoms with Crippen LogP contribution in [0.2, 0.25) is 0 Å².